The highest BCUT2D eigenvalue weighted by Gasteiger charge is 2.53. The van der Waals surface area contributed by atoms with Crippen LogP contribution in [-0.4, -0.2) is 56.8 Å². The van der Waals surface area contributed by atoms with Crippen molar-refractivity contribution in [1.29, 1.82) is 0 Å². The quantitative estimate of drug-likeness (QED) is 0.285. The maximum Gasteiger partial charge on any atom is 0.414 e. The number of carbonyl (C=O) groups excluding carboxylic acids is 1. The lowest BCUT2D eigenvalue weighted by atomic mass is 10.1. The van der Waals surface area contributed by atoms with Crippen LogP contribution >= 0.6 is 0 Å². The van der Waals surface area contributed by atoms with Gasteiger partial charge < -0.3 is 19.4 Å². The minimum absolute atomic E-state index is 0.132. The molecule has 1 saturated carbocycles. The van der Waals surface area contributed by atoms with Gasteiger partial charge in [0.2, 0.25) is 0 Å². The zero-order chi connectivity index (χ0) is 28.6. The highest BCUT2D eigenvalue weighted by atomic mass is 19.1. The molecule has 1 aliphatic carbocycles. The number of pyridine rings is 2. The van der Waals surface area contributed by atoms with Gasteiger partial charge in [0, 0.05) is 37.8 Å². The summed E-state index contributed by atoms with van der Waals surface area (Å²) in [6.45, 7) is 9.34. The molecule has 0 unspecified atom stereocenters. The SMILES string of the molecule is C[C@@H]1[C@H]2CN(c3nc(Oc4cnc5cccnc5c4)nc4[nH]c5c(N(C)C(=O)OC(C)(C)C)cc(F)cc5c34)C[C@@H]12. The number of hydrogen-bond donors (Lipinski definition) is 1. The second-order valence-electron chi connectivity index (χ2n) is 12.0. The highest BCUT2D eigenvalue weighted by Crippen LogP contribution is 2.53. The van der Waals surface area contributed by atoms with Gasteiger partial charge in [-0.15, -0.1) is 0 Å². The molecule has 4 aromatic heterocycles. The Kier molecular flexibility index (Phi) is 5.57. The number of anilines is 2. The van der Waals surface area contributed by atoms with Crippen molar-refractivity contribution in [2.24, 2.45) is 17.8 Å². The molecule has 10 nitrogen and oxygen atoms in total. The number of amides is 1. The van der Waals surface area contributed by atoms with Gasteiger partial charge in [0.25, 0.3) is 0 Å². The number of nitrogens with zero attached hydrogens (tertiary/aromatic N) is 6. The number of nitrogens with one attached hydrogen (secondary N) is 1. The van der Waals surface area contributed by atoms with Gasteiger partial charge in [-0.25, -0.2) is 9.18 Å². The van der Waals surface area contributed by atoms with Crippen LogP contribution in [0.25, 0.3) is 33.0 Å². The topological polar surface area (TPSA) is 109 Å². The van der Waals surface area contributed by atoms with Gasteiger partial charge in [-0.3, -0.25) is 14.9 Å². The molecule has 0 radical (unpaired) electrons. The zero-order valence-electron chi connectivity index (χ0n) is 23.5. The predicted molar refractivity (Wildman–Crippen MR) is 154 cm³/mol. The number of hydrogen-bond acceptors (Lipinski definition) is 8. The van der Waals surface area contributed by atoms with Gasteiger partial charge in [0.15, 0.2) is 5.75 Å². The number of fused-ring (bicyclic) bond motifs is 5. The number of halogens is 1. The number of piperidine rings is 1. The average Bonchev–Trinajstić information content (AvgIpc) is 3.24. The summed E-state index contributed by atoms with van der Waals surface area (Å²) in [5.41, 5.74) is 2.10. The molecule has 0 bridgehead atoms. The maximum absolute atomic E-state index is 15.1. The molecule has 1 saturated heterocycles. The molecule has 2 fully saturated rings. The predicted octanol–water partition coefficient (Wildman–Crippen LogP) is 6.06. The Morgan fingerprint density at radius 3 is 2.66 bits per heavy atom. The fraction of sp³-hybridized carbons (Fsp3) is 0.367. The van der Waals surface area contributed by atoms with Crippen LogP contribution in [0.5, 0.6) is 11.8 Å². The van der Waals surface area contributed by atoms with Crippen molar-refractivity contribution < 1.29 is 18.7 Å². The van der Waals surface area contributed by atoms with Gasteiger partial charge in [-0.2, -0.15) is 9.97 Å². The van der Waals surface area contributed by atoms with E-state index >= 15 is 4.39 Å². The summed E-state index contributed by atoms with van der Waals surface area (Å²) in [4.78, 5) is 38.1. The smallest absolute Gasteiger partial charge is 0.414 e. The number of aromatic nitrogens is 5. The third-order valence-electron chi connectivity index (χ3n) is 8.05. The van der Waals surface area contributed by atoms with E-state index in [2.05, 4.69) is 31.8 Å². The average molecular weight is 556 g/mol. The van der Waals surface area contributed by atoms with Gasteiger partial charge in [-0.05, 0) is 62.8 Å². The molecule has 1 N–H and O–H groups in total. The van der Waals surface area contributed by atoms with Crippen LogP contribution in [-0.2, 0) is 4.74 Å². The Balaban J connectivity index is 1.36. The summed E-state index contributed by atoms with van der Waals surface area (Å²) in [5, 5.41) is 1.26. The second-order valence-corrected chi connectivity index (χ2v) is 12.0. The summed E-state index contributed by atoms with van der Waals surface area (Å²) < 4.78 is 26.8. The fourth-order valence-electron chi connectivity index (χ4n) is 5.87. The summed E-state index contributed by atoms with van der Waals surface area (Å²) in [7, 11) is 1.56. The van der Waals surface area contributed by atoms with E-state index in [-0.39, 0.29) is 6.01 Å². The molecule has 2 aliphatic rings. The maximum atomic E-state index is 15.1. The lowest BCUT2D eigenvalue weighted by Gasteiger charge is -2.25. The van der Waals surface area contributed by atoms with Crippen LogP contribution in [0, 0.1) is 23.6 Å². The van der Waals surface area contributed by atoms with E-state index in [1.54, 1.807) is 46.3 Å². The summed E-state index contributed by atoms with van der Waals surface area (Å²) in [6, 6.07) is 8.39. The van der Waals surface area contributed by atoms with Crippen molar-refractivity contribution in [3.63, 3.8) is 0 Å². The van der Waals surface area contributed by atoms with Crippen LogP contribution in [0.1, 0.15) is 27.7 Å². The second kappa shape index (κ2) is 8.98. The van der Waals surface area contributed by atoms with Crippen molar-refractivity contribution in [3.05, 3.63) is 48.5 Å². The van der Waals surface area contributed by atoms with Gasteiger partial charge in [0.05, 0.1) is 33.8 Å². The monoisotopic (exact) mass is 555 g/mol. The number of carbonyl (C=O) groups is 1. The summed E-state index contributed by atoms with van der Waals surface area (Å²) in [6.07, 6.45) is 2.71. The standard InChI is InChI=1S/C30H30FN7O3/c1-15-19-13-38(14-20(15)19)27-24-18-9-16(31)10-23(37(5)29(39)41-30(2,3)4)25(18)34-26(24)35-28(36-27)40-17-11-22-21(33-12-17)7-6-8-32-22/h6-12,15,19-20H,13-14H2,1-5H3,(H,34,35,36)/t15-,19-,20+. The van der Waals surface area contributed by atoms with Crippen molar-refractivity contribution in [1.82, 2.24) is 24.9 Å². The molecular formula is C30H30FN7O3. The minimum atomic E-state index is -0.704. The lowest BCUT2D eigenvalue weighted by Crippen LogP contribution is -2.34. The van der Waals surface area contributed by atoms with E-state index in [0.717, 1.165) is 18.6 Å². The van der Waals surface area contributed by atoms with Crippen molar-refractivity contribution >= 4 is 50.6 Å². The van der Waals surface area contributed by atoms with E-state index in [1.807, 2.05) is 12.1 Å². The van der Waals surface area contributed by atoms with Crippen LogP contribution in [0.3, 0.4) is 0 Å². The van der Waals surface area contributed by atoms with E-state index in [4.69, 9.17) is 14.5 Å². The Hall–Kier alpha value is -4.54. The van der Waals surface area contributed by atoms with Crippen LogP contribution < -0.4 is 14.5 Å². The minimum Gasteiger partial charge on any atom is -0.443 e. The molecule has 11 heteroatoms. The fourth-order valence-corrected chi connectivity index (χ4v) is 5.87. The highest BCUT2D eigenvalue weighted by molar-refractivity contribution is 6.16. The first-order valence-electron chi connectivity index (χ1n) is 13.7. The molecule has 3 atom stereocenters. The Morgan fingerprint density at radius 2 is 1.90 bits per heavy atom. The van der Waals surface area contributed by atoms with Gasteiger partial charge in [0.1, 0.15) is 22.9 Å². The van der Waals surface area contributed by atoms with Crippen molar-refractivity contribution in [2.75, 3.05) is 29.9 Å². The van der Waals surface area contributed by atoms with E-state index < -0.39 is 17.5 Å². The van der Waals surface area contributed by atoms with Crippen LogP contribution in [0.15, 0.2) is 42.7 Å². The van der Waals surface area contributed by atoms with Gasteiger partial charge >= 0.3 is 12.1 Å². The number of benzene rings is 1. The van der Waals surface area contributed by atoms with Crippen molar-refractivity contribution in [2.45, 2.75) is 33.3 Å². The largest absolute Gasteiger partial charge is 0.443 e. The summed E-state index contributed by atoms with van der Waals surface area (Å²) >= 11 is 0. The molecule has 1 amide bonds. The normalized spacial score (nSPS) is 20.0. The molecular weight excluding hydrogens is 525 g/mol. The first-order chi connectivity index (χ1) is 19.6. The molecule has 5 aromatic rings. The molecule has 41 heavy (non-hydrogen) atoms. The summed E-state index contributed by atoms with van der Waals surface area (Å²) in [5.74, 6) is 2.53. The number of rotatable bonds is 4. The third-order valence-corrected chi connectivity index (χ3v) is 8.05. The molecule has 210 valence electrons. The first kappa shape index (κ1) is 25.4. The number of aromatic amines is 1. The molecule has 0 spiro atoms. The Bertz CT molecular complexity index is 1840. The first-order valence-corrected chi connectivity index (χ1v) is 13.7. The molecule has 1 aromatic carbocycles. The molecule has 7 rings (SSSR count). The molecule has 5 heterocycles. The van der Waals surface area contributed by atoms with Crippen molar-refractivity contribution in [3.8, 4) is 11.8 Å². The zero-order valence-corrected chi connectivity index (χ0v) is 23.5. The van der Waals surface area contributed by atoms with E-state index in [1.165, 1.54) is 17.0 Å². The van der Waals surface area contributed by atoms with Crippen LogP contribution in [0.2, 0.25) is 0 Å². The van der Waals surface area contributed by atoms with Gasteiger partial charge in [-0.1, -0.05) is 6.92 Å². The Morgan fingerprint density at radius 1 is 1.12 bits per heavy atom. The third kappa shape index (κ3) is 4.45. The van der Waals surface area contributed by atoms with E-state index in [0.29, 0.717) is 62.5 Å². The van der Waals surface area contributed by atoms with Crippen LogP contribution in [0.4, 0.5) is 20.7 Å². The lowest BCUT2D eigenvalue weighted by molar-refractivity contribution is 0.0589. The number of ether oxygens (including phenoxy) is 2. The van der Waals surface area contributed by atoms with E-state index in [9.17, 15) is 4.79 Å². The number of H-pyrrole nitrogens is 1. The molecule has 1 aliphatic heterocycles. The Labute approximate surface area is 235 Å².